The van der Waals surface area contributed by atoms with Gasteiger partial charge in [-0.15, -0.1) is 0 Å². The van der Waals surface area contributed by atoms with Crippen LogP contribution in [-0.4, -0.2) is 27.3 Å². The Morgan fingerprint density at radius 1 is 1.42 bits per heavy atom. The van der Waals surface area contributed by atoms with Crippen molar-refractivity contribution in [3.63, 3.8) is 0 Å². The SMILES string of the molecule is Cn1cc(C(C)(O)CNC(=O)c2cc(=O)c3ccccc3o2)cn1. The summed E-state index contributed by atoms with van der Waals surface area (Å²) in [6.45, 7) is 1.52. The maximum atomic E-state index is 12.2. The average molecular weight is 327 g/mol. The van der Waals surface area contributed by atoms with Crippen LogP contribution in [0.2, 0.25) is 0 Å². The third-order valence-corrected chi connectivity index (χ3v) is 3.78. The van der Waals surface area contributed by atoms with E-state index in [0.29, 0.717) is 16.5 Å². The third-order valence-electron chi connectivity index (χ3n) is 3.78. The first-order valence-corrected chi connectivity index (χ1v) is 7.39. The summed E-state index contributed by atoms with van der Waals surface area (Å²) in [4.78, 5) is 24.3. The molecule has 0 radical (unpaired) electrons. The predicted molar refractivity (Wildman–Crippen MR) is 87.6 cm³/mol. The molecule has 0 spiro atoms. The van der Waals surface area contributed by atoms with Gasteiger partial charge in [0.15, 0.2) is 11.2 Å². The average Bonchev–Trinajstić information content (AvgIpc) is 3.00. The van der Waals surface area contributed by atoms with Gasteiger partial charge in [-0.25, -0.2) is 0 Å². The van der Waals surface area contributed by atoms with Crippen molar-refractivity contribution in [2.75, 3.05) is 6.54 Å². The Morgan fingerprint density at radius 2 is 2.17 bits per heavy atom. The molecule has 7 nitrogen and oxygen atoms in total. The number of para-hydroxylation sites is 1. The van der Waals surface area contributed by atoms with Crippen LogP contribution in [0.3, 0.4) is 0 Å². The summed E-state index contributed by atoms with van der Waals surface area (Å²) in [5, 5.41) is 17.5. The fourth-order valence-electron chi connectivity index (χ4n) is 2.36. The molecule has 0 saturated carbocycles. The Morgan fingerprint density at radius 3 is 2.88 bits per heavy atom. The van der Waals surface area contributed by atoms with Gasteiger partial charge < -0.3 is 14.8 Å². The molecule has 1 amide bonds. The molecule has 2 aromatic heterocycles. The molecule has 1 atom stereocenters. The number of carbonyl (C=O) groups is 1. The second-order valence-corrected chi connectivity index (χ2v) is 5.83. The van der Waals surface area contributed by atoms with Crippen molar-refractivity contribution in [2.24, 2.45) is 7.05 Å². The molecule has 0 aliphatic heterocycles. The summed E-state index contributed by atoms with van der Waals surface area (Å²) in [5.41, 5.74) is -0.665. The topological polar surface area (TPSA) is 97.4 Å². The first kappa shape index (κ1) is 15.9. The molecule has 2 N–H and O–H groups in total. The zero-order valence-electron chi connectivity index (χ0n) is 13.3. The Labute approximate surface area is 137 Å². The van der Waals surface area contributed by atoms with Gasteiger partial charge in [0.2, 0.25) is 0 Å². The first-order valence-electron chi connectivity index (χ1n) is 7.39. The molecule has 0 aliphatic rings. The molecule has 124 valence electrons. The largest absolute Gasteiger partial charge is 0.451 e. The number of aryl methyl sites for hydroxylation is 1. The monoisotopic (exact) mass is 327 g/mol. The van der Waals surface area contributed by atoms with Gasteiger partial charge in [-0.1, -0.05) is 12.1 Å². The molecule has 3 rings (SSSR count). The molecule has 1 unspecified atom stereocenters. The molecule has 1 aromatic carbocycles. The van der Waals surface area contributed by atoms with Crippen molar-refractivity contribution < 1.29 is 14.3 Å². The van der Waals surface area contributed by atoms with Crippen LogP contribution in [-0.2, 0) is 12.6 Å². The molecule has 0 fully saturated rings. The smallest absolute Gasteiger partial charge is 0.287 e. The van der Waals surface area contributed by atoms with Crippen molar-refractivity contribution in [1.82, 2.24) is 15.1 Å². The van der Waals surface area contributed by atoms with Gasteiger partial charge in [-0.3, -0.25) is 14.3 Å². The molecule has 0 saturated heterocycles. The summed E-state index contributed by atoms with van der Waals surface area (Å²) in [5.74, 6) is -0.664. The van der Waals surface area contributed by atoms with E-state index >= 15 is 0 Å². The number of rotatable bonds is 4. The maximum Gasteiger partial charge on any atom is 0.287 e. The van der Waals surface area contributed by atoms with Crippen LogP contribution in [0.1, 0.15) is 23.0 Å². The number of nitrogens with one attached hydrogen (secondary N) is 1. The van der Waals surface area contributed by atoms with E-state index in [1.54, 1.807) is 49.1 Å². The lowest BCUT2D eigenvalue weighted by atomic mass is 10.00. The fourth-order valence-corrected chi connectivity index (χ4v) is 2.36. The minimum absolute atomic E-state index is 0.0476. The summed E-state index contributed by atoms with van der Waals surface area (Å²) in [6, 6.07) is 7.86. The Kier molecular flexibility index (Phi) is 3.94. The number of aliphatic hydroxyl groups is 1. The van der Waals surface area contributed by atoms with E-state index in [0.717, 1.165) is 6.07 Å². The van der Waals surface area contributed by atoms with Crippen molar-refractivity contribution in [3.05, 3.63) is 64.3 Å². The van der Waals surface area contributed by atoms with Crippen LogP contribution in [0.4, 0.5) is 0 Å². The van der Waals surface area contributed by atoms with Gasteiger partial charge in [0.25, 0.3) is 5.91 Å². The van der Waals surface area contributed by atoms with Gasteiger partial charge in [0.05, 0.1) is 18.1 Å². The number of nitrogens with zero attached hydrogens (tertiary/aromatic N) is 2. The molecular weight excluding hydrogens is 310 g/mol. The number of benzene rings is 1. The zero-order valence-corrected chi connectivity index (χ0v) is 13.3. The van der Waals surface area contributed by atoms with E-state index in [2.05, 4.69) is 10.4 Å². The number of hydrogen-bond acceptors (Lipinski definition) is 5. The van der Waals surface area contributed by atoms with E-state index in [4.69, 9.17) is 4.42 Å². The Balaban J connectivity index is 1.79. The standard InChI is InChI=1S/C17H17N3O4/c1-17(23,11-8-19-20(2)9-11)10-18-16(22)15-7-13(21)12-5-3-4-6-14(12)24-15/h3-9,23H,10H2,1-2H3,(H,18,22). The second-order valence-electron chi connectivity index (χ2n) is 5.83. The summed E-state index contributed by atoms with van der Waals surface area (Å²) < 4.78 is 7.03. The van der Waals surface area contributed by atoms with E-state index in [1.807, 2.05) is 0 Å². The van der Waals surface area contributed by atoms with Crippen molar-refractivity contribution >= 4 is 16.9 Å². The van der Waals surface area contributed by atoms with Gasteiger partial charge >= 0.3 is 0 Å². The predicted octanol–water partition coefficient (Wildman–Crippen LogP) is 1.16. The first-order chi connectivity index (χ1) is 11.4. The van der Waals surface area contributed by atoms with Crippen molar-refractivity contribution in [1.29, 1.82) is 0 Å². The van der Waals surface area contributed by atoms with E-state index in [-0.39, 0.29) is 17.7 Å². The van der Waals surface area contributed by atoms with Crippen molar-refractivity contribution in [3.8, 4) is 0 Å². The normalized spacial score (nSPS) is 13.6. The van der Waals surface area contributed by atoms with Crippen LogP contribution < -0.4 is 10.7 Å². The quantitative estimate of drug-likeness (QED) is 0.749. The molecule has 24 heavy (non-hydrogen) atoms. The Hall–Kier alpha value is -2.93. The molecule has 3 aromatic rings. The number of carbonyl (C=O) groups excluding carboxylic acids is 1. The Bertz CT molecular complexity index is 956. The minimum Gasteiger partial charge on any atom is -0.451 e. The number of aromatic nitrogens is 2. The van der Waals surface area contributed by atoms with Gasteiger partial charge in [0.1, 0.15) is 11.2 Å². The third kappa shape index (κ3) is 3.07. The summed E-state index contributed by atoms with van der Waals surface area (Å²) >= 11 is 0. The highest BCUT2D eigenvalue weighted by Crippen LogP contribution is 2.19. The molecule has 7 heteroatoms. The second kappa shape index (κ2) is 5.93. The number of hydrogen-bond donors (Lipinski definition) is 2. The van der Waals surface area contributed by atoms with Crippen LogP contribution in [0.15, 0.2) is 51.9 Å². The molecule has 0 aliphatic carbocycles. The fraction of sp³-hybridized carbons (Fsp3) is 0.235. The van der Waals surface area contributed by atoms with Crippen LogP contribution >= 0.6 is 0 Å². The highest BCUT2D eigenvalue weighted by atomic mass is 16.3. The molecule has 0 bridgehead atoms. The van der Waals surface area contributed by atoms with Crippen LogP contribution in [0.5, 0.6) is 0 Å². The van der Waals surface area contributed by atoms with E-state index in [9.17, 15) is 14.7 Å². The lowest BCUT2D eigenvalue weighted by Crippen LogP contribution is -2.38. The lowest BCUT2D eigenvalue weighted by molar-refractivity contribution is 0.0518. The highest BCUT2D eigenvalue weighted by molar-refractivity contribution is 5.93. The number of amides is 1. The van der Waals surface area contributed by atoms with E-state index < -0.39 is 11.5 Å². The van der Waals surface area contributed by atoms with Gasteiger partial charge in [-0.05, 0) is 19.1 Å². The van der Waals surface area contributed by atoms with Gasteiger partial charge in [0, 0.05) is 24.9 Å². The van der Waals surface area contributed by atoms with E-state index in [1.165, 1.54) is 6.20 Å². The van der Waals surface area contributed by atoms with Crippen LogP contribution in [0.25, 0.3) is 11.0 Å². The lowest BCUT2D eigenvalue weighted by Gasteiger charge is -2.22. The highest BCUT2D eigenvalue weighted by Gasteiger charge is 2.26. The molecular formula is C17H17N3O4. The summed E-state index contributed by atoms with van der Waals surface area (Å²) in [6.07, 6.45) is 3.20. The van der Waals surface area contributed by atoms with Gasteiger partial charge in [-0.2, -0.15) is 5.10 Å². The maximum absolute atomic E-state index is 12.2. The zero-order chi connectivity index (χ0) is 17.3. The molecule has 2 heterocycles. The summed E-state index contributed by atoms with van der Waals surface area (Å²) in [7, 11) is 1.74. The number of fused-ring (bicyclic) bond motifs is 1. The van der Waals surface area contributed by atoms with Crippen molar-refractivity contribution in [2.45, 2.75) is 12.5 Å². The minimum atomic E-state index is -1.29. The van der Waals surface area contributed by atoms with Crippen LogP contribution in [0, 0.1) is 0 Å².